The Hall–Kier alpha value is -3.33. The topological polar surface area (TPSA) is 108 Å². The second kappa shape index (κ2) is 7.83. The summed E-state index contributed by atoms with van der Waals surface area (Å²) in [6, 6.07) is 13.0. The molecule has 3 aromatic rings. The lowest BCUT2D eigenvalue weighted by Gasteiger charge is -2.25. The van der Waals surface area contributed by atoms with Crippen molar-refractivity contribution in [1.82, 2.24) is 10.5 Å². The van der Waals surface area contributed by atoms with Gasteiger partial charge in [0.1, 0.15) is 11.5 Å². The van der Waals surface area contributed by atoms with Crippen molar-refractivity contribution in [2.24, 2.45) is 0 Å². The molecule has 0 saturated carbocycles. The lowest BCUT2D eigenvalue weighted by molar-refractivity contribution is 0.0925. The van der Waals surface area contributed by atoms with Crippen molar-refractivity contribution in [3.8, 4) is 22.8 Å². The maximum absolute atomic E-state index is 12.8. The third-order valence-corrected chi connectivity index (χ3v) is 6.84. The third kappa shape index (κ3) is 3.63. The predicted molar refractivity (Wildman–Crippen MR) is 108 cm³/mol. The maximum atomic E-state index is 12.8. The summed E-state index contributed by atoms with van der Waals surface area (Å²) in [5.74, 6) is 1.02. The van der Waals surface area contributed by atoms with Crippen molar-refractivity contribution in [1.29, 1.82) is 0 Å². The van der Waals surface area contributed by atoms with Gasteiger partial charge in [-0.15, -0.1) is 0 Å². The van der Waals surface area contributed by atoms with E-state index in [2.05, 4.69) is 10.5 Å². The van der Waals surface area contributed by atoms with Crippen LogP contribution < -0.4 is 14.8 Å². The van der Waals surface area contributed by atoms with E-state index >= 15 is 0 Å². The smallest absolute Gasteiger partial charge is 0.273 e. The van der Waals surface area contributed by atoms with Gasteiger partial charge in [0.25, 0.3) is 5.91 Å². The highest BCUT2D eigenvalue weighted by Gasteiger charge is 2.31. The van der Waals surface area contributed by atoms with E-state index in [9.17, 15) is 13.2 Å². The van der Waals surface area contributed by atoms with Gasteiger partial charge >= 0.3 is 0 Å². The number of ether oxygens (including phenoxy) is 2. The largest absolute Gasteiger partial charge is 0.497 e. The number of carbonyl (C=O) groups is 1. The minimum Gasteiger partial charge on any atom is -0.497 e. The van der Waals surface area contributed by atoms with Crippen LogP contribution in [0, 0.1) is 0 Å². The number of hydrogen-bond donors (Lipinski definition) is 1. The van der Waals surface area contributed by atoms with Gasteiger partial charge in [-0.05, 0) is 36.2 Å². The molecule has 1 aromatic heterocycles. The lowest BCUT2D eigenvalue weighted by Crippen LogP contribution is -2.34. The molecular weight excluding hydrogens is 408 g/mol. The highest BCUT2D eigenvalue weighted by molar-refractivity contribution is 7.91. The zero-order valence-corrected chi connectivity index (χ0v) is 17.2. The number of fused-ring (bicyclic) bond motifs is 1. The minimum absolute atomic E-state index is 0.0277. The molecule has 9 heteroatoms. The Labute approximate surface area is 173 Å². The molecule has 1 N–H and O–H groups in total. The van der Waals surface area contributed by atoms with Gasteiger partial charge in [0, 0.05) is 6.07 Å². The maximum Gasteiger partial charge on any atom is 0.273 e. The second-order valence-corrected chi connectivity index (χ2v) is 8.89. The zero-order chi connectivity index (χ0) is 21.3. The number of hydrogen-bond acceptors (Lipinski definition) is 7. The highest BCUT2D eigenvalue weighted by Crippen LogP contribution is 2.35. The Kier molecular flexibility index (Phi) is 5.21. The molecule has 4 rings (SSSR count). The van der Waals surface area contributed by atoms with Gasteiger partial charge in [0.2, 0.25) is 0 Å². The molecule has 0 bridgehead atoms. The number of nitrogens with zero attached hydrogens (tertiary/aromatic N) is 1. The van der Waals surface area contributed by atoms with E-state index in [1.54, 1.807) is 49.6 Å². The molecule has 1 amide bonds. The van der Waals surface area contributed by atoms with Crippen LogP contribution in [-0.4, -0.2) is 39.5 Å². The fourth-order valence-electron chi connectivity index (χ4n) is 3.49. The van der Waals surface area contributed by atoms with Crippen LogP contribution in [0.1, 0.15) is 28.5 Å². The molecule has 1 unspecified atom stereocenters. The van der Waals surface area contributed by atoms with Crippen LogP contribution in [0.3, 0.4) is 0 Å². The van der Waals surface area contributed by atoms with Crippen molar-refractivity contribution < 1.29 is 27.2 Å². The Balaban J connectivity index is 1.59. The molecule has 0 fully saturated rings. The summed E-state index contributed by atoms with van der Waals surface area (Å²) in [5.41, 5.74) is 1.26. The molecule has 1 atom stereocenters. The number of sulfone groups is 1. The molecule has 0 aliphatic carbocycles. The number of amides is 1. The monoisotopic (exact) mass is 428 g/mol. The van der Waals surface area contributed by atoms with Crippen molar-refractivity contribution in [3.05, 3.63) is 59.8 Å². The van der Waals surface area contributed by atoms with Gasteiger partial charge in [0.15, 0.2) is 21.3 Å². The quantitative estimate of drug-likeness (QED) is 0.665. The van der Waals surface area contributed by atoms with Gasteiger partial charge in [-0.2, -0.15) is 0 Å². The van der Waals surface area contributed by atoms with Crippen molar-refractivity contribution in [2.75, 3.05) is 20.0 Å². The molecule has 2 aromatic carbocycles. The van der Waals surface area contributed by atoms with Crippen molar-refractivity contribution in [2.45, 2.75) is 17.4 Å². The summed E-state index contributed by atoms with van der Waals surface area (Å²) in [7, 11) is -0.253. The van der Waals surface area contributed by atoms with Crippen LogP contribution in [0.2, 0.25) is 0 Å². The molecule has 30 heavy (non-hydrogen) atoms. The molecule has 156 valence electrons. The predicted octanol–water partition coefficient (Wildman–Crippen LogP) is 3.01. The Morgan fingerprint density at radius 2 is 1.93 bits per heavy atom. The number of aromatic nitrogens is 1. The molecular formula is C21H20N2O6S. The molecule has 0 radical (unpaired) electrons. The summed E-state index contributed by atoms with van der Waals surface area (Å²) in [4.78, 5) is 13.0. The molecule has 1 aliphatic rings. The first-order chi connectivity index (χ1) is 14.4. The number of benzene rings is 2. The fourth-order valence-corrected chi connectivity index (χ4v) is 5.11. The van der Waals surface area contributed by atoms with Crippen LogP contribution in [0.5, 0.6) is 11.5 Å². The average molecular weight is 428 g/mol. The first kappa shape index (κ1) is 20.0. The van der Waals surface area contributed by atoms with Crippen LogP contribution in [-0.2, 0) is 9.84 Å². The van der Waals surface area contributed by atoms with E-state index in [0.717, 1.165) is 0 Å². The van der Waals surface area contributed by atoms with Crippen molar-refractivity contribution >= 4 is 15.7 Å². The SMILES string of the molecule is COc1ccc(OC)c(-c2cc(C(=O)NC3CCS(=O)(=O)c4ccccc43)no2)c1. The third-order valence-electron chi connectivity index (χ3n) is 5.02. The number of carbonyl (C=O) groups excluding carboxylic acids is 1. The van der Waals surface area contributed by atoms with E-state index in [4.69, 9.17) is 14.0 Å². The number of nitrogens with one attached hydrogen (secondary N) is 1. The highest BCUT2D eigenvalue weighted by atomic mass is 32.2. The van der Waals surface area contributed by atoms with E-state index < -0.39 is 21.8 Å². The second-order valence-electron chi connectivity index (χ2n) is 6.81. The van der Waals surface area contributed by atoms with E-state index in [1.165, 1.54) is 13.2 Å². The van der Waals surface area contributed by atoms with Gasteiger partial charge in [-0.1, -0.05) is 23.4 Å². The first-order valence-electron chi connectivity index (χ1n) is 9.24. The molecule has 2 heterocycles. The molecule has 0 spiro atoms. The Bertz CT molecular complexity index is 1200. The minimum atomic E-state index is -3.33. The van der Waals surface area contributed by atoms with Gasteiger partial charge in [-0.3, -0.25) is 4.79 Å². The van der Waals surface area contributed by atoms with E-state index in [0.29, 0.717) is 34.8 Å². The average Bonchev–Trinajstić information content (AvgIpc) is 3.26. The van der Waals surface area contributed by atoms with Crippen LogP contribution in [0.15, 0.2) is 57.9 Å². The first-order valence-corrected chi connectivity index (χ1v) is 10.9. The molecule has 8 nitrogen and oxygen atoms in total. The lowest BCUT2D eigenvalue weighted by atomic mass is 10.0. The van der Waals surface area contributed by atoms with Crippen LogP contribution >= 0.6 is 0 Å². The summed E-state index contributed by atoms with van der Waals surface area (Å²) in [6.45, 7) is 0. The van der Waals surface area contributed by atoms with Crippen LogP contribution in [0.25, 0.3) is 11.3 Å². The zero-order valence-electron chi connectivity index (χ0n) is 16.4. The number of rotatable bonds is 5. The van der Waals surface area contributed by atoms with E-state index in [1.807, 2.05) is 0 Å². The number of methoxy groups -OCH3 is 2. The molecule has 0 saturated heterocycles. The molecule has 1 aliphatic heterocycles. The Morgan fingerprint density at radius 3 is 2.70 bits per heavy atom. The van der Waals surface area contributed by atoms with Crippen molar-refractivity contribution in [3.63, 3.8) is 0 Å². The summed E-state index contributed by atoms with van der Waals surface area (Å²) in [6.07, 6.45) is 0.291. The summed E-state index contributed by atoms with van der Waals surface area (Å²) >= 11 is 0. The van der Waals surface area contributed by atoms with Gasteiger partial charge in [-0.25, -0.2) is 8.42 Å². The Morgan fingerprint density at radius 1 is 1.13 bits per heavy atom. The fraction of sp³-hybridized carbons (Fsp3) is 0.238. The van der Waals surface area contributed by atoms with E-state index in [-0.39, 0.29) is 16.3 Å². The van der Waals surface area contributed by atoms with Gasteiger partial charge in [0.05, 0.1) is 36.5 Å². The standard InChI is InChI=1S/C21H20N2O6S/c1-27-13-7-8-18(28-2)15(11-13)19-12-17(23-29-19)21(24)22-16-9-10-30(25,26)20-6-4-3-5-14(16)20/h3-8,11-12,16H,9-10H2,1-2H3,(H,22,24). The van der Waals surface area contributed by atoms with Crippen LogP contribution in [0.4, 0.5) is 0 Å². The van der Waals surface area contributed by atoms with Gasteiger partial charge < -0.3 is 19.3 Å². The summed E-state index contributed by atoms with van der Waals surface area (Å²) in [5, 5.41) is 6.74. The normalized spacial score (nSPS) is 17.1. The summed E-state index contributed by atoms with van der Waals surface area (Å²) < 4.78 is 40.5.